The highest BCUT2D eigenvalue weighted by molar-refractivity contribution is 8.00. The summed E-state index contributed by atoms with van der Waals surface area (Å²) < 4.78 is 60.4. The van der Waals surface area contributed by atoms with Crippen LogP contribution in [-0.4, -0.2) is 46.1 Å². The van der Waals surface area contributed by atoms with E-state index in [-0.39, 0.29) is 17.4 Å². The number of anilines is 2. The molecule has 4 aromatic rings. The Morgan fingerprint density at radius 3 is 2.45 bits per heavy atom. The monoisotopic (exact) mass is 598 g/mol. The number of halogens is 3. The summed E-state index contributed by atoms with van der Waals surface area (Å²) in [4.78, 5) is 11.5. The Kier molecular flexibility index (Phi) is 9.22. The van der Waals surface area contributed by atoms with Gasteiger partial charge in [-0.1, -0.05) is 38.1 Å². The highest BCUT2D eigenvalue weighted by Crippen LogP contribution is 2.44. The SMILES string of the molecule is CC(C)CCc1ccccc1-c1nc(NSc2cnn(C)c2)nc(Oc2ccc(N3CCOCC3)cc2)c1C(F)(F)F. The van der Waals surface area contributed by atoms with Crippen LogP contribution in [0.15, 0.2) is 65.8 Å². The third-order valence-corrected chi connectivity index (χ3v) is 7.52. The van der Waals surface area contributed by atoms with Crippen LogP contribution in [-0.2, 0) is 24.4 Å². The van der Waals surface area contributed by atoms with Crippen molar-refractivity contribution in [1.29, 1.82) is 0 Å². The number of rotatable bonds is 10. The zero-order chi connectivity index (χ0) is 29.7. The Balaban J connectivity index is 1.56. The summed E-state index contributed by atoms with van der Waals surface area (Å²) in [6, 6.07) is 14.0. The lowest BCUT2D eigenvalue weighted by Crippen LogP contribution is -2.36. The van der Waals surface area contributed by atoms with E-state index >= 15 is 0 Å². The number of hydrogen-bond donors (Lipinski definition) is 1. The summed E-state index contributed by atoms with van der Waals surface area (Å²) in [5.74, 6) is 0.0455. The molecule has 0 bridgehead atoms. The molecule has 0 radical (unpaired) electrons. The second kappa shape index (κ2) is 13.0. The van der Waals surface area contributed by atoms with E-state index in [2.05, 4.69) is 38.5 Å². The van der Waals surface area contributed by atoms with Gasteiger partial charge in [-0.15, -0.1) is 0 Å². The number of aryl methyl sites for hydroxylation is 2. The van der Waals surface area contributed by atoms with Gasteiger partial charge >= 0.3 is 6.18 Å². The van der Waals surface area contributed by atoms with Gasteiger partial charge in [-0.25, -0.2) is 4.98 Å². The second-order valence-electron chi connectivity index (χ2n) is 10.4. The molecule has 1 aliphatic heterocycles. The summed E-state index contributed by atoms with van der Waals surface area (Å²) in [7, 11) is 1.78. The Hall–Kier alpha value is -3.77. The highest BCUT2D eigenvalue weighted by Gasteiger charge is 2.41. The van der Waals surface area contributed by atoms with Crippen molar-refractivity contribution in [2.45, 2.75) is 37.8 Å². The van der Waals surface area contributed by atoms with Gasteiger partial charge in [0.25, 0.3) is 0 Å². The van der Waals surface area contributed by atoms with Crippen LogP contribution >= 0.6 is 11.9 Å². The zero-order valence-electron chi connectivity index (χ0n) is 23.7. The van der Waals surface area contributed by atoms with Gasteiger partial charge in [0.2, 0.25) is 11.8 Å². The summed E-state index contributed by atoms with van der Waals surface area (Å²) >= 11 is 1.15. The minimum absolute atomic E-state index is 0.00884. The van der Waals surface area contributed by atoms with Gasteiger partial charge in [-0.2, -0.15) is 23.3 Å². The zero-order valence-corrected chi connectivity index (χ0v) is 24.5. The second-order valence-corrected chi connectivity index (χ2v) is 11.3. The van der Waals surface area contributed by atoms with Gasteiger partial charge in [0.05, 0.1) is 30.0 Å². The van der Waals surface area contributed by atoms with Crippen LogP contribution in [0.5, 0.6) is 11.6 Å². The van der Waals surface area contributed by atoms with Crippen molar-refractivity contribution in [3.63, 3.8) is 0 Å². The van der Waals surface area contributed by atoms with Crippen LogP contribution in [0.4, 0.5) is 24.8 Å². The van der Waals surface area contributed by atoms with Crippen LogP contribution in [0.2, 0.25) is 0 Å². The smallest absolute Gasteiger partial charge is 0.423 e. The van der Waals surface area contributed by atoms with E-state index < -0.39 is 17.6 Å². The largest absolute Gasteiger partial charge is 0.438 e. The molecule has 3 heterocycles. The van der Waals surface area contributed by atoms with E-state index in [9.17, 15) is 13.2 Å². The maximum Gasteiger partial charge on any atom is 0.423 e. The lowest BCUT2D eigenvalue weighted by molar-refractivity contribution is -0.138. The lowest BCUT2D eigenvalue weighted by atomic mass is 9.95. The van der Waals surface area contributed by atoms with Crippen molar-refractivity contribution in [1.82, 2.24) is 19.7 Å². The number of ether oxygens (including phenoxy) is 2. The molecule has 1 saturated heterocycles. The molecule has 2 aromatic heterocycles. The minimum atomic E-state index is -4.78. The fourth-order valence-electron chi connectivity index (χ4n) is 4.64. The van der Waals surface area contributed by atoms with E-state index in [4.69, 9.17) is 9.47 Å². The molecule has 8 nitrogen and oxygen atoms in total. The number of alkyl halides is 3. The van der Waals surface area contributed by atoms with Crippen LogP contribution in [0.25, 0.3) is 11.3 Å². The predicted molar refractivity (Wildman–Crippen MR) is 158 cm³/mol. The number of morpholine rings is 1. The van der Waals surface area contributed by atoms with Crippen LogP contribution in [0.1, 0.15) is 31.4 Å². The molecule has 2 aromatic carbocycles. The topological polar surface area (TPSA) is 77.3 Å². The van der Waals surface area contributed by atoms with Crippen molar-refractivity contribution in [3.05, 3.63) is 72.1 Å². The average Bonchev–Trinajstić information content (AvgIpc) is 3.40. The van der Waals surface area contributed by atoms with Crippen molar-refractivity contribution >= 4 is 23.6 Å². The summed E-state index contributed by atoms with van der Waals surface area (Å²) in [5, 5.41) is 4.13. The van der Waals surface area contributed by atoms with Crippen LogP contribution in [0.3, 0.4) is 0 Å². The fourth-order valence-corrected chi connectivity index (χ4v) is 5.24. The molecule has 1 fully saturated rings. The normalized spacial score (nSPS) is 13.9. The number of nitrogens with zero attached hydrogens (tertiary/aromatic N) is 5. The molecule has 1 aliphatic rings. The van der Waals surface area contributed by atoms with Gasteiger partial charge in [-0.3, -0.25) is 9.40 Å². The molecule has 5 rings (SSSR count). The molecular formula is C30H33F3N6O2S. The van der Waals surface area contributed by atoms with Crippen LogP contribution < -0.4 is 14.4 Å². The third-order valence-electron chi connectivity index (χ3n) is 6.79. The van der Waals surface area contributed by atoms with Gasteiger partial charge in [-0.05, 0) is 60.5 Å². The Morgan fingerprint density at radius 1 is 1.05 bits per heavy atom. The van der Waals surface area contributed by atoms with Gasteiger partial charge in [0, 0.05) is 37.6 Å². The molecule has 0 unspecified atom stereocenters. The Morgan fingerprint density at radius 2 is 1.79 bits per heavy atom. The fraction of sp³-hybridized carbons (Fsp3) is 0.367. The Labute approximate surface area is 247 Å². The molecule has 0 atom stereocenters. The van der Waals surface area contributed by atoms with Gasteiger partial charge < -0.3 is 14.4 Å². The summed E-state index contributed by atoms with van der Waals surface area (Å²) in [6.45, 7) is 6.91. The Bertz CT molecular complexity index is 1490. The summed E-state index contributed by atoms with van der Waals surface area (Å²) in [6.07, 6.45) is 0.0685. The van der Waals surface area contributed by atoms with E-state index in [0.29, 0.717) is 31.1 Å². The first-order valence-electron chi connectivity index (χ1n) is 13.8. The van der Waals surface area contributed by atoms with E-state index in [1.165, 1.54) is 0 Å². The molecular weight excluding hydrogens is 565 g/mol. The number of aromatic nitrogens is 4. The first kappa shape index (κ1) is 29.7. The molecule has 42 heavy (non-hydrogen) atoms. The highest BCUT2D eigenvalue weighted by atomic mass is 32.2. The van der Waals surface area contributed by atoms with Crippen molar-refractivity contribution < 1.29 is 22.6 Å². The maximum absolute atomic E-state index is 14.8. The summed E-state index contributed by atoms with van der Waals surface area (Å²) in [5.41, 5.74) is 0.871. The van der Waals surface area contributed by atoms with E-state index in [0.717, 1.165) is 47.6 Å². The van der Waals surface area contributed by atoms with Gasteiger partial charge in [0.1, 0.15) is 11.3 Å². The first-order chi connectivity index (χ1) is 20.2. The number of hydrogen-bond acceptors (Lipinski definition) is 8. The van der Waals surface area contributed by atoms with Crippen molar-refractivity contribution in [3.8, 4) is 22.9 Å². The van der Waals surface area contributed by atoms with E-state index in [1.54, 1.807) is 48.4 Å². The van der Waals surface area contributed by atoms with Crippen LogP contribution in [0, 0.1) is 5.92 Å². The van der Waals surface area contributed by atoms with Crippen molar-refractivity contribution in [2.75, 3.05) is 35.9 Å². The van der Waals surface area contributed by atoms with E-state index in [1.807, 2.05) is 24.3 Å². The molecule has 0 saturated carbocycles. The standard InChI is InChI=1S/C30H33F3N6O2S/c1-20(2)8-9-21-6-4-5-7-25(21)27-26(30(31,32)33)28(36-29(35-27)37-42-24-18-34-38(3)19-24)41-23-12-10-22(11-13-23)39-14-16-40-17-15-39/h4-7,10-13,18-20H,8-9,14-17H2,1-3H3,(H,35,36,37). The number of benzene rings is 2. The molecule has 1 N–H and O–H groups in total. The average molecular weight is 599 g/mol. The van der Waals surface area contributed by atoms with Gasteiger partial charge in [0.15, 0.2) is 0 Å². The third kappa shape index (κ3) is 7.35. The first-order valence-corrected chi connectivity index (χ1v) is 14.6. The molecule has 0 amide bonds. The quantitative estimate of drug-likeness (QED) is 0.192. The minimum Gasteiger partial charge on any atom is -0.438 e. The number of nitrogens with one attached hydrogen (secondary N) is 1. The van der Waals surface area contributed by atoms with Crippen molar-refractivity contribution in [2.24, 2.45) is 13.0 Å². The molecule has 12 heteroatoms. The lowest BCUT2D eigenvalue weighted by Gasteiger charge is -2.28. The molecule has 222 valence electrons. The maximum atomic E-state index is 14.8. The molecule has 0 aliphatic carbocycles. The molecule has 0 spiro atoms. The predicted octanol–water partition coefficient (Wildman–Crippen LogP) is 7.23.